The fourth-order valence-electron chi connectivity index (χ4n) is 2.37. The van der Waals surface area contributed by atoms with Crippen LogP contribution in [0.25, 0.3) is 0 Å². The summed E-state index contributed by atoms with van der Waals surface area (Å²) in [7, 11) is -1.11. The van der Waals surface area contributed by atoms with Crippen LogP contribution in [0.2, 0.25) is 0 Å². The Morgan fingerprint density at radius 1 is 1.33 bits per heavy atom. The Hall–Kier alpha value is -0.460. The van der Waals surface area contributed by atoms with Crippen molar-refractivity contribution in [2.45, 2.75) is 25.4 Å². The van der Waals surface area contributed by atoms with Gasteiger partial charge in [0.25, 0.3) is 0 Å². The molecule has 2 aliphatic rings. The molecule has 1 amide bonds. The normalized spacial score (nSPS) is 26.9. The van der Waals surface area contributed by atoms with E-state index in [0.717, 1.165) is 39.0 Å². The summed E-state index contributed by atoms with van der Waals surface area (Å²) in [5.74, 6) is 0.656. The minimum atomic E-state index is -1.11. The van der Waals surface area contributed by atoms with Crippen LogP contribution in [-0.4, -0.2) is 65.4 Å². The van der Waals surface area contributed by atoms with Gasteiger partial charge in [0.1, 0.15) is 5.75 Å². The number of ether oxygens (including phenoxy) is 1. The second kappa shape index (κ2) is 7.21. The molecule has 0 aliphatic carbocycles. The number of nitrogens with one attached hydrogen (secondary N) is 1. The van der Waals surface area contributed by atoms with Crippen LogP contribution in [0.1, 0.15) is 19.3 Å². The number of likely N-dealkylation sites (tertiary alicyclic amines) is 1. The standard InChI is InChI=1S/C12H22N2O3S/c15-12(14-5-2-1-3-6-14)10-18(16)9-11-8-13-4-7-17-11/h11,13H,1-10H2. The van der Waals surface area contributed by atoms with Crippen molar-refractivity contribution in [3.8, 4) is 0 Å². The lowest BCUT2D eigenvalue weighted by Crippen LogP contribution is -2.43. The number of hydrogen-bond acceptors (Lipinski definition) is 4. The third-order valence-electron chi connectivity index (χ3n) is 3.37. The van der Waals surface area contributed by atoms with Crippen molar-refractivity contribution in [3.05, 3.63) is 0 Å². The van der Waals surface area contributed by atoms with Crippen LogP contribution in [0, 0.1) is 0 Å². The van der Waals surface area contributed by atoms with Gasteiger partial charge < -0.3 is 15.0 Å². The number of nitrogens with zero attached hydrogens (tertiary/aromatic N) is 1. The molecule has 2 atom stereocenters. The molecule has 2 fully saturated rings. The van der Waals surface area contributed by atoms with E-state index in [0.29, 0.717) is 12.4 Å². The number of morpholine rings is 1. The highest BCUT2D eigenvalue weighted by molar-refractivity contribution is 7.85. The molecule has 0 aromatic heterocycles. The molecular weight excluding hydrogens is 252 g/mol. The van der Waals surface area contributed by atoms with Crippen molar-refractivity contribution in [1.82, 2.24) is 10.2 Å². The maximum atomic E-state index is 11.9. The van der Waals surface area contributed by atoms with E-state index < -0.39 is 10.8 Å². The second-order valence-corrected chi connectivity index (χ2v) is 6.39. The fourth-order valence-corrected chi connectivity index (χ4v) is 3.57. The molecule has 6 heteroatoms. The minimum absolute atomic E-state index is 0.00580. The smallest absolute Gasteiger partial charge is 0.235 e. The molecular formula is C12H22N2O3S. The second-order valence-electron chi connectivity index (χ2n) is 4.89. The third-order valence-corrected chi connectivity index (χ3v) is 4.68. The summed E-state index contributed by atoms with van der Waals surface area (Å²) in [5, 5.41) is 3.20. The number of carbonyl (C=O) groups excluding carboxylic acids is 1. The van der Waals surface area contributed by atoms with Gasteiger partial charge in [-0.25, -0.2) is 0 Å². The summed E-state index contributed by atoms with van der Waals surface area (Å²) in [4.78, 5) is 13.8. The predicted molar refractivity (Wildman–Crippen MR) is 70.9 cm³/mol. The fraction of sp³-hybridized carbons (Fsp3) is 0.917. The van der Waals surface area contributed by atoms with Gasteiger partial charge >= 0.3 is 0 Å². The van der Waals surface area contributed by atoms with E-state index in [9.17, 15) is 9.00 Å². The molecule has 0 bridgehead atoms. The lowest BCUT2D eigenvalue weighted by atomic mass is 10.1. The molecule has 18 heavy (non-hydrogen) atoms. The van der Waals surface area contributed by atoms with Gasteiger partial charge in [-0.2, -0.15) is 0 Å². The largest absolute Gasteiger partial charge is 0.375 e. The van der Waals surface area contributed by atoms with Gasteiger partial charge in [-0.1, -0.05) is 0 Å². The van der Waals surface area contributed by atoms with E-state index in [1.165, 1.54) is 6.42 Å². The Labute approximate surface area is 111 Å². The number of hydrogen-bond donors (Lipinski definition) is 1. The van der Waals surface area contributed by atoms with Gasteiger partial charge in [0.2, 0.25) is 5.91 Å². The predicted octanol–water partition coefficient (Wildman–Crippen LogP) is -0.264. The molecule has 0 aromatic rings. The molecule has 5 nitrogen and oxygen atoms in total. The molecule has 2 rings (SSSR count). The van der Waals surface area contributed by atoms with E-state index in [-0.39, 0.29) is 17.8 Å². The van der Waals surface area contributed by atoms with Crippen molar-refractivity contribution in [2.24, 2.45) is 0 Å². The third kappa shape index (κ3) is 4.33. The van der Waals surface area contributed by atoms with Crippen LogP contribution in [0.3, 0.4) is 0 Å². The zero-order valence-electron chi connectivity index (χ0n) is 10.7. The molecule has 0 spiro atoms. The number of amides is 1. The molecule has 0 radical (unpaired) electrons. The van der Waals surface area contributed by atoms with E-state index in [2.05, 4.69) is 5.32 Å². The average Bonchev–Trinajstić information content (AvgIpc) is 2.40. The molecule has 2 saturated heterocycles. The van der Waals surface area contributed by atoms with Crippen molar-refractivity contribution in [3.63, 3.8) is 0 Å². The summed E-state index contributed by atoms with van der Waals surface area (Å²) in [5.41, 5.74) is 0. The highest BCUT2D eigenvalue weighted by atomic mass is 32.2. The molecule has 1 N–H and O–H groups in total. The molecule has 2 aliphatic heterocycles. The van der Waals surface area contributed by atoms with Gasteiger partial charge in [0.05, 0.1) is 18.5 Å². The number of carbonyl (C=O) groups is 1. The Bertz CT molecular complexity index is 300. The van der Waals surface area contributed by atoms with Gasteiger partial charge in [-0.05, 0) is 19.3 Å². The first-order chi connectivity index (χ1) is 8.75. The van der Waals surface area contributed by atoms with Crippen LogP contribution in [0.5, 0.6) is 0 Å². The highest BCUT2D eigenvalue weighted by Gasteiger charge is 2.21. The van der Waals surface area contributed by atoms with Gasteiger partial charge in [0.15, 0.2) is 0 Å². The number of rotatable bonds is 4. The first kappa shape index (κ1) is 14.0. The Balaban J connectivity index is 1.70. The van der Waals surface area contributed by atoms with E-state index in [1.807, 2.05) is 4.90 Å². The Kier molecular flexibility index (Phi) is 5.59. The molecule has 0 saturated carbocycles. The highest BCUT2D eigenvalue weighted by Crippen LogP contribution is 2.09. The molecule has 2 heterocycles. The topological polar surface area (TPSA) is 58.6 Å². The summed E-state index contributed by atoms with van der Waals surface area (Å²) in [6, 6.07) is 0. The lowest BCUT2D eigenvalue weighted by Gasteiger charge is -2.27. The van der Waals surface area contributed by atoms with Gasteiger partial charge in [0, 0.05) is 37.0 Å². The van der Waals surface area contributed by atoms with Crippen molar-refractivity contribution in [2.75, 3.05) is 44.3 Å². The summed E-state index contributed by atoms with van der Waals surface area (Å²) < 4.78 is 17.4. The maximum absolute atomic E-state index is 11.9. The first-order valence-electron chi connectivity index (χ1n) is 6.71. The number of piperidine rings is 1. The van der Waals surface area contributed by atoms with Crippen LogP contribution in [-0.2, 0) is 20.3 Å². The van der Waals surface area contributed by atoms with Crippen LogP contribution >= 0.6 is 0 Å². The van der Waals surface area contributed by atoms with Gasteiger partial charge in [-0.15, -0.1) is 0 Å². The van der Waals surface area contributed by atoms with Crippen LogP contribution in [0.15, 0.2) is 0 Å². The molecule has 0 aromatic carbocycles. The minimum Gasteiger partial charge on any atom is -0.375 e. The van der Waals surface area contributed by atoms with Crippen molar-refractivity contribution < 1.29 is 13.7 Å². The Morgan fingerprint density at radius 3 is 2.78 bits per heavy atom. The lowest BCUT2D eigenvalue weighted by molar-refractivity contribution is -0.129. The zero-order valence-corrected chi connectivity index (χ0v) is 11.5. The van der Waals surface area contributed by atoms with Crippen LogP contribution in [0.4, 0.5) is 0 Å². The SMILES string of the molecule is O=C(CS(=O)CC1CNCCO1)N1CCCCC1. The maximum Gasteiger partial charge on any atom is 0.235 e. The van der Waals surface area contributed by atoms with Gasteiger partial charge in [-0.3, -0.25) is 9.00 Å². The zero-order chi connectivity index (χ0) is 12.8. The summed E-state index contributed by atoms with van der Waals surface area (Å²) >= 11 is 0. The van der Waals surface area contributed by atoms with E-state index in [4.69, 9.17) is 4.74 Å². The first-order valence-corrected chi connectivity index (χ1v) is 8.19. The van der Waals surface area contributed by atoms with Crippen molar-refractivity contribution >= 4 is 16.7 Å². The molecule has 104 valence electrons. The Morgan fingerprint density at radius 2 is 2.11 bits per heavy atom. The van der Waals surface area contributed by atoms with Crippen LogP contribution < -0.4 is 5.32 Å². The van der Waals surface area contributed by atoms with E-state index in [1.54, 1.807) is 0 Å². The molecule has 2 unspecified atom stereocenters. The monoisotopic (exact) mass is 274 g/mol. The summed E-state index contributed by atoms with van der Waals surface area (Å²) in [6.07, 6.45) is 3.35. The average molecular weight is 274 g/mol. The van der Waals surface area contributed by atoms with Crippen molar-refractivity contribution in [1.29, 1.82) is 0 Å². The summed E-state index contributed by atoms with van der Waals surface area (Å²) in [6.45, 7) is 3.93. The quantitative estimate of drug-likeness (QED) is 0.767. The van der Waals surface area contributed by atoms with E-state index >= 15 is 0 Å².